The summed E-state index contributed by atoms with van der Waals surface area (Å²) >= 11 is 0. The number of fused-ring (bicyclic) bond motifs is 1. The molecule has 1 amide bonds. The lowest BCUT2D eigenvalue weighted by Gasteiger charge is -2.20. The standard InChI is InChI=1S/C29H35N3O4S/c1-29(2,3)23-13-10-20(11-14-23)16-27(33)32-18-21-12-15-24(17-22(21)19-32)37(34,35)30-25-8-7-9-26(31(4)5)28(25)36-6/h7-15,17,30H,16,18-19H2,1-6H3. The average Bonchev–Trinajstić information content (AvgIpc) is 3.27. The Morgan fingerprint density at radius 2 is 1.68 bits per heavy atom. The van der Waals surface area contributed by atoms with Gasteiger partial charge in [-0.1, -0.05) is 57.2 Å². The van der Waals surface area contributed by atoms with E-state index in [0.717, 1.165) is 22.4 Å². The molecule has 0 spiro atoms. The maximum absolute atomic E-state index is 13.2. The molecule has 1 aliphatic heterocycles. The summed E-state index contributed by atoms with van der Waals surface area (Å²) < 4.78 is 34.6. The predicted molar refractivity (Wildman–Crippen MR) is 148 cm³/mol. The van der Waals surface area contributed by atoms with Crippen LogP contribution in [0.1, 0.15) is 43.0 Å². The number of para-hydroxylation sites is 1. The number of nitrogens with one attached hydrogen (secondary N) is 1. The lowest BCUT2D eigenvalue weighted by atomic mass is 9.86. The molecule has 0 radical (unpaired) electrons. The number of sulfonamides is 1. The molecule has 0 saturated carbocycles. The van der Waals surface area contributed by atoms with Crippen LogP contribution in [0.5, 0.6) is 5.75 Å². The highest BCUT2D eigenvalue weighted by Crippen LogP contribution is 2.36. The van der Waals surface area contributed by atoms with Crippen molar-refractivity contribution in [2.75, 3.05) is 30.8 Å². The number of methoxy groups -OCH3 is 1. The fraction of sp³-hybridized carbons (Fsp3) is 0.345. The zero-order valence-corrected chi connectivity index (χ0v) is 23.1. The van der Waals surface area contributed by atoms with Crippen molar-refractivity contribution in [1.82, 2.24) is 4.90 Å². The Hall–Kier alpha value is -3.52. The molecular formula is C29H35N3O4S. The van der Waals surface area contributed by atoms with Gasteiger partial charge in [0, 0.05) is 27.2 Å². The zero-order valence-electron chi connectivity index (χ0n) is 22.3. The lowest BCUT2D eigenvalue weighted by Crippen LogP contribution is -2.26. The maximum Gasteiger partial charge on any atom is 0.262 e. The lowest BCUT2D eigenvalue weighted by molar-refractivity contribution is -0.131. The average molecular weight is 522 g/mol. The van der Waals surface area contributed by atoms with Crippen molar-refractivity contribution in [3.05, 3.63) is 82.9 Å². The first-order valence-corrected chi connectivity index (χ1v) is 13.7. The molecular weight excluding hydrogens is 486 g/mol. The molecule has 0 atom stereocenters. The number of carbonyl (C=O) groups is 1. The molecule has 0 aliphatic carbocycles. The fourth-order valence-electron chi connectivity index (χ4n) is 4.50. The van der Waals surface area contributed by atoms with Gasteiger partial charge in [0.2, 0.25) is 5.91 Å². The van der Waals surface area contributed by atoms with Gasteiger partial charge in [-0.25, -0.2) is 8.42 Å². The number of carbonyl (C=O) groups excluding carboxylic acids is 1. The molecule has 37 heavy (non-hydrogen) atoms. The van der Waals surface area contributed by atoms with Gasteiger partial charge in [0.15, 0.2) is 5.75 Å². The molecule has 196 valence electrons. The number of nitrogens with zero attached hydrogens (tertiary/aromatic N) is 2. The summed E-state index contributed by atoms with van der Waals surface area (Å²) in [6, 6.07) is 18.5. The molecule has 7 nitrogen and oxygen atoms in total. The van der Waals surface area contributed by atoms with Crippen molar-refractivity contribution in [3.8, 4) is 5.75 Å². The second-order valence-electron chi connectivity index (χ2n) is 10.7. The molecule has 0 bridgehead atoms. The summed E-state index contributed by atoms with van der Waals surface area (Å²) in [6.45, 7) is 7.35. The number of hydrogen-bond donors (Lipinski definition) is 1. The molecule has 0 fully saturated rings. The van der Waals surface area contributed by atoms with Crippen LogP contribution >= 0.6 is 0 Å². The molecule has 1 heterocycles. The zero-order chi connectivity index (χ0) is 27.0. The Kier molecular flexibility index (Phi) is 7.24. The Bertz CT molecular complexity index is 1410. The van der Waals surface area contributed by atoms with E-state index < -0.39 is 10.0 Å². The number of anilines is 2. The normalized spacial score (nSPS) is 13.3. The van der Waals surface area contributed by atoms with Crippen molar-refractivity contribution >= 4 is 27.3 Å². The van der Waals surface area contributed by atoms with Gasteiger partial charge in [-0.2, -0.15) is 0 Å². The van der Waals surface area contributed by atoms with E-state index in [-0.39, 0.29) is 16.2 Å². The number of amides is 1. The van der Waals surface area contributed by atoms with Crippen LogP contribution in [0.15, 0.2) is 65.6 Å². The summed E-state index contributed by atoms with van der Waals surface area (Å²) in [5.41, 5.74) is 5.19. The Labute approximate surface area is 220 Å². The van der Waals surface area contributed by atoms with Crippen molar-refractivity contribution in [1.29, 1.82) is 0 Å². The minimum Gasteiger partial charge on any atom is -0.492 e. The van der Waals surface area contributed by atoms with E-state index >= 15 is 0 Å². The number of benzene rings is 3. The van der Waals surface area contributed by atoms with E-state index in [9.17, 15) is 13.2 Å². The molecule has 3 aromatic carbocycles. The third-order valence-electron chi connectivity index (χ3n) is 6.66. The van der Waals surface area contributed by atoms with E-state index in [1.165, 1.54) is 12.7 Å². The van der Waals surface area contributed by atoms with Gasteiger partial charge in [0.25, 0.3) is 10.0 Å². The number of ether oxygens (including phenoxy) is 1. The van der Waals surface area contributed by atoms with Crippen molar-refractivity contribution < 1.29 is 17.9 Å². The van der Waals surface area contributed by atoms with Crippen LogP contribution in [0.4, 0.5) is 11.4 Å². The van der Waals surface area contributed by atoms with E-state index in [2.05, 4.69) is 37.6 Å². The van der Waals surface area contributed by atoms with Gasteiger partial charge in [0.1, 0.15) is 0 Å². The van der Waals surface area contributed by atoms with Crippen LogP contribution in [0.3, 0.4) is 0 Å². The Morgan fingerprint density at radius 1 is 1.00 bits per heavy atom. The Balaban J connectivity index is 1.48. The largest absolute Gasteiger partial charge is 0.492 e. The first kappa shape index (κ1) is 26.5. The third kappa shape index (κ3) is 5.74. The van der Waals surface area contributed by atoms with Gasteiger partial charge in [-0.05, 0) is 51.9 Å². The van der Waals surface area contributed by atoms with E-state index in [1.54, 1.807) is 35.2 Å². The fourth-order valence-corrected chi connectivity index (χ4v) is 5.61. The van der Waals surface area contributed by atoms with Gasteiger partial charge in [-0.15, -0.1) is 0 Å². The summed E-state index contributed by atoms with van der Waals surface area (Å²) in [5, 5.41) is 0. The molecule has 0 saturated heterocycles. The Morgan fingerprint density at radius 3 is 2.30 bits per heavy atom. The van der Waals surface area contributed by atoms with Crippen molar-refractivity contribution in [2.45, 2.75) is 50.6 Å². The second kappa shape index (κ2) is 10.1. The highest BCUT2D eigenvalue weighted by atomic mass is 32.2. The van der Waals surface area contributed by atoms with Crippen molar-refractivity contribution in [2.24, 2.45) is 0 Å². The van der Waals surface area contributed by atoms with Gasteiger partial charge < -0.3 is 14.5 Å². The first-order chi connectivity index (χ1) is 17.4. The number of rotatable bonds is 7. The smallest absolute Gasteiger partial charge is 0.262 e. The first-order valence-electron chi connectivity index (χ1n) is 12.2. The molecule has 1 N–H and O–H groups in total. The highest BCUT2D eigenvalue weighted by molar-refractivity contribution is 7.92. The number of hydrogen-bond acceptors (Lipinski definition) is 5. The SMILES string of the molecule is COc1c(NS(=O)(=O)c2ccc3c(c2)CN(C(=O)Cc2ccc(C(C)(C)C)cc2)C3)cccc1N(C)C. The van der Waals surface area contributed by atoms with Gasteiger partial charge in [0.05, 0.1) is 29.8 Å². The summed E-state index contributed by atoms with van der Waals surface area (Å²) in [6.07, 6.45) is 0.313. The predicted octanol–water partition coefficient (Wildman–Crippen LogP) is 4.94. The monoisotopic (exact) mass is 521 g/mol. The van der Waals surface area contributed by atoms with Crippen LogP contribution in [-0.4, -0.2) is 40.4 Å². The molecule has 1 aliphatic rings. The van der Waals surface area contributed by atoms with E-state index in [4.69, 9.17) is 4.74 Å². The van der Waals surface area contributed by atoms with Crippen LogP contribution in [-0.2, 0) is 39.7 Å². The highest BCUT2D eigenvalue weighted by Gasteiger charge is 2.26. The van der Waals surface area contributed by atoms with Crippen LogP contribution < -0.4 is 14.4 Å². The minimum absolute atomic E-state index is 0.0208. The van der Waals surface area contributed by atoms with E-state index in [1.807, 2.05) is 37.2 Å². The molecule has 4 rings (SSSR count). The second-order valence-corrected chi connectivity index (χ2v) is 12.3. The van der Waals surface area contributed by atoms with Crippen molar-refractivity contribution in [3.63, 3.8) is 0 Å². The minimum atomic E-state index is -3.86. The maximum atomic E-state index is 13.2. The molecule has 3 aromatic rings. The summed E-state index contributed by atoms with van der Waals surface area (Å²) in [5.74, 6) is 0.469. The van der Waals surface area contributed by atoms with E-state index in [0.29, 0.717) is 30.9 Å². The molecule has 8 heteroatoms. The third-order valence-corrected chi connectivity index (χ3v) is 8.03. The summed E-state index contributed by atoms with van der Waals surface area (Å²) in [7, 11) is 1.38. The van der Waals surface area contributed by atoms with Gasteiger partial charge in [-0.3, -0.25) is 9.52 Å². The van der Waals surface area contributed by atoms with Crippen LogP contribution in [0, 0.1) is 0 Å². The van der Waals surface area contributed by atoms with Crippen LogP contribution in [0.2, 0.25) is 0 Å². The molecule has 0 unspecified atom stereocenters. The summed E-state index contributed by atoms with van der Waals surface area (Å²) in [4.78, 5) is 16.8. The van der Waals surface area contributed by atoms with Gasteiger partial charge >= 0.3 is 0 Å². The van der Waals surface area contributed by atoms with Crippen LogP contribution in [0.25, 0.3) is 0 Å². The molecule has 0 aromatic heterocycles. The quantitative estimate of drug-likeness (QED) is 0.476. The topological polar surface area (TPSA) is 79.0 Å².